The molecule has 1 amide bonds. The molecule has 0 aromatic carbocycles. The summed E-state index contributed by atoms with van der Waals surface area (Å²) in [7, 11) is 0. The second-order valence-corrected chi connectivity index (χ2v) is 5.21. The van der Waals surface area contributed by atoms with Crippen LogP contribution in [0.2, 0.25) is 0 Å². The van der Waals surface area contributed by atoms with Crippen molar-refractivity contribution in [3.05, 3.63) is 16.3 Å². The first-order chi connectivity index (χ1) is 7.64. The quantitative estimate of drug-likeness (QED) is 0.428. The minimum absolute atomic E-state index is 0.0395. The largest absolute Gasteiger partial charge is 0.363 e. The lowest BCUT2D eigenvalue weighted by Gasteiger charge is -2.29. The summed E-state index contributed by atoms with van der Waals surface area (Å²) in [5.41, 5.74) is -1.15. The molecule has 1 rings (SSSR count). The number of nitrogens with two attached hydrogens (primary N) is 1. The number of hydrazine groups is 1. The van der Waals surface area contributed by atoms with E-state index in [4.69, 9.17) is 5.84 Å². The number of carbonyl (C=O) groups excluding carboxylic acids is 1. The van der Waals surface area contributed by atoms with Gasteiger partial charge in [0, 0.05) is 5.92 Å². The van der Waals surface area contributed by atoms with Crippen molar-refractivity contribution in [1.29, 1.82) is 0 Å². The number of nitrogens with zero attached hydrogens (tertiary/aromatic N) is 3. The Hall–Kier alpha value is -1.63. The fourth-order valence-corrected chi connectivity index (χ4v) is 1.12. The third kappa shape index (κ3) is 2.73. The zero-order valence-corrected chi connectivity index (χ0v) is 10.8. The maximum Gasteiger partial charge on any atom is 0.363 e. The van der Waals surface area contributed by atoms with Crippen molar-refractivity contribution in [3.63, 3.8) is 0 Å². The van der Waals surface area contributed by atoms with Gasteiger partial charge in [0.1, 0.15) is 5.82 Å². The highest BCUT2D eigenvalue weighted by Gasteiger charge is 2.27. The highest BCUT2D eigenvalue weighted by atomic mass is 16.2. The molecule has 0 aliphatic rings. The van der Waals surface area contributed by atoms with Crippen molar-refractivity contribution in [2.75, 3.05) is 0 Å². The highest BCUT2D eigenvalue weighted by Crippen LogP contribution is 2.10. The second-order valence-electron chi connectivity index (χ2n) is 5.21. The van der Waals surface area contributed by atoms with E-state index in [0.717, 1.165) is 9.69 Å². The van der Waals surface area contributed by atoms with E-state index < -0.39 is 17.3 Å². The third-order valence-corrected chi connectivity index (χ3v) is 2.29. The molecule has 0 fully saturated rings. The van der Waals surface area contributed by atoms with Gasteiger partial charge < -0.3 is 0 Å². The van der Waals surface area contributed by atoms with Crippen molar-refractivity contribution in [2.45, 2.75) is 46.1 Å². The summed E-state index contributed by atoms with van der Waals surface area (Å²) in [6, 6.07) is -0.648. The summed E-state index contributed by atoms with van der Waals surface area (Å²) in [6.07, 6.45) is 0. The van der Waals surface area contributed by atoms with Gasteiger partial charge in [0.25, 0.3) is 0 Å². The molecular formula is C10H19N5O2. The number of aromatic amines is 1. The number of rotatable bonds is 1. The van der Waals surface area contributed by atoms with E-state index in [2.05, 4.69) is 10.1 Å². The molecule has 0 radical (unpaired) electrons. The number of nitrogens with one attached hydrogen (secondary N) is 1. The lowest BCUT2D eigenvalue weighted by atomic mass is 10.1. The Labute approximate surface area is 99.6 Å². The molecule has 0 aliphatic heterocycles. The van der Waals surface area contributed by atoms with Gasteiger partial charge in [0.2, 0.25) is 0 Å². The van der Waals surface area contributed by atoms with Crippen LogP contribution in [-0.4, -0.2) is 31.3 Å². The predicted octanol–water partition coefficient (Wildman–Crippen LogP) is 0.637. The van der Waals surface area contributed by atoms with E-state index in [1.165, 1.54) is 0 Å². The summed E-state index contributed by atoms with van der Waals surface area (Å²) >= 11 is 0. The average Bonchev–Trinajstić information content (AvgIpc) is 2.57. The third-order valence-electron chi connectivity index (χ3n) is 2.29. The number of hydrogen-bond donors (Lipinski definition) is 2. The minimum atomic E-state index is -0.648. The van der Waals surface area contributed by atoms with Crippen LogP contribution < -0.4 is 11.5 Å². The molecule has 0 atom stereocenters. The Morgan fingerprint density at radius 1 is 1.47 bits per heavy atom. The first-order valence-electron chi connectivity index (χ1n) is 5.43. The molecule has 0 aliphatic carbocycles. The standard InChI is InChI=1S/C10H19N5O2/c1-6(2)7-12-8(16)14(13-7)9(17)15(11)10(3,4)5/h6H,11H2,1-5H3,(H,12,13,16). The van der Waals surface area contributed by atoms with Gasteiger partial charge in [0.15, 0.2) is 0 Å². The Kier molecular flexibility index (Phi) is 3.42. The van der Waals surface area contributed by atoms with Crippen LogP contribution >= 0.6 is 0 Å². The van der Waals surface area contributed by atoms with Gasteiger partial charge in [0.05, 0.1) is 5.54 Å². The van der Waals surface area contributed by atoms with Gasteiger partial charge in [-0.15, -0.1) is 9.78 Å². The summed E-state index contributed by atoms with van der Waals surface area (Å²) in [6.45, 7) is 9.05. The van der Waals surface area contributed by atoms with Gasteiger partial charge in [-0.25, -0.2) is 15.4 Å². The lowest BCUT2D eigenvalue weighted by molar-refractivity contribution is 0.144. The summed E-state index contributed by atoms with van der Waals surface area (Å²) in [5.74, 6) is 6.15. The Morgan fingerprint density at radius 2 is 2.00 bits per heavy atom. The SMILES string of the molecule is CC(C)c1nn(C(=O)N(N)C(C)(C)C)c(=O)[nH]1. The first kappa shape index (κ1) is 13.4. The Morgan fingerprint density at radius 3 is 2.35 bits per heavy atom. The van der Waals surface area contributed by atoms with Crippen LogP contribution in [0.25, 0.3) is 0 Å². The van der Waals surface area contributed by atoms with E-state index >= 15 is 0 Å². The fourth-order valence-electron chi connectivity index (χ4n) is 1.12. The molecule has 1 aromatic heterocycles. The number of aromatic nitrogens is 3. The van der Waals surface area contributed by atoms with Gasteiger partial charge >= 0.3 is 11.7 Å². The van der Waals surface area contributed by atoms with E-state index in [1.54, 1.807) is 20.8 Å². The fraction of sp³-hybridized carbons (Fsp3) is 0.700. The maximum absolute atomic E-state index is 11.9. The van der Waals surface area contributed by atoms with Crippen molar-refractivity contribution in [3.8, 4) is 0 Å². The van der Waals surface area contributed by atoms with Crippen molar-refractivity contribution in [2.24, 2.45) is 5.84 Å². The predicted molar refractivity (Wildman–Crippen MR) is 63.5 cm³/mol. The minimum Gasteiger partial charge on any atom is -0.292 e. The van der Waals surface area contributed by atoms with E-state index in [9.17, 15) is 9.59 Å². The average molecular weight is 241 g/mol. The zero-order chi connectivity index (χ0) is 13.4. The molecule has 0 spiro atoms. The lowest BCUT2D eigenvalue weighted by Crippen LogP contribution is -2.54. The van der Waals surface area contributed by atoms with Crippen LogP contribution in [0.15, 0.2) is 4.79 Å². The molecule has 3 N–H and O–H groups in total. The van der Waals surface area contributed by atoms with Gasteiger partial charge in [-0.3, -0.25) is 9.99 Å². The van der Waals surface area contributed by atoms with Crippen LogP contribution in [0.5, 0.6) is 0 Å². The molecule has 17 heavy (non-hydrogen) atoms. The number of H-pyrrole nitrogens is 1. The van der Waals surface area contributed by atoms with Crippen LogP contribution in [0.4, 0.5) is 4.79 Å². The molecule has 0 saturated carbocycles. The molecule has 7 heteroatoms. The molecular weight excluding hydrogens is 222 g/mol. The Bertz CT molecular complexity index is 466. The summed E-state index contributed by atoms with van der Waals surface area (Å²) < 4.78 is 0.751. The number of hydrogen-bond acceptors (Lipinski definition) is 4. The van der Waals surface area contributed by atoms with Gasteiger partial charge in [-0.05, 0) is 20.8 Å². The molecule has 0 bridgehead atoms. The summed E-state index contributed by atoms with van der Waals surface area (Å²) in [4.78, 5) is 26.0. The molecule has 96 valence electrons. The van der Waals surface area contributed by atoms with Crippen molar-refractivity contribution >= 4 is 6.03 Å². The van der Waals surface area contributed by atoms with Crippen molar-refractivity contribution < 1.29 is 4.79 Å². The van der Waals surface area contributed by atoms with Crippen molar-refractivity contribution in [1.82, 2.24) is 19.8 Å². The zero-order valence-electron chi connectivity index (χ0n) is 10.8. The number of carbonyl (C=O) groups is 1. The topological polar surface area (TPSA) is 97.0 Å². The smallest absolute Gasteiger partial charge is 0.292 e. The van der Waals surface area contributed by atoms with Crippen LogP contribution in [0.1, 0.15) is 46.4 Å². The molecule has 7 nitrogen and oxygen atoms in total. The summed E-state index contributed by atoms with van der Waals surface area (Å²) in [5, 5.41) is 4.91. The highest BCUT2D eigenvalue weighted by molar-refractivity contribution is 5.75. The first-order valence-corrected chi connectivity index (χ1v) is 5.43. The van der Waals surface area contributed by atoms with E-state index in [0.29, 0.717) is 5.82 Å². The molecule has 1 heterocycles. The van der Waals surface area contributed by atoms with E-state index in [1.807, 2.05) is 13.8 Å². The molecule has 0 saturated heterocycles. The number of amides is 1. The van der Waals surface area contributed by atoms with Gasteiger partial charge in [-0.2, -0.15) is 0 Å². The maximum atomic E-state index is 11.9. The van der Waals surface area contributed by atoms with Crippen LogP contribution in [-0.2, 0) is 0 Å². The molecule has 0 unspecified atom stereocenters. The van der Waals surface area contributed by atoms with E-state index in [-0.39, 0.29) is 5.92 Å². The Balaban J connectivity index is 3.10. The normalized spacial score (nSPS) is 11.9. The monoisotopic (exact) mass is 241 g/mol. The van der Waals surface area contributed by atoms with Crippen LogP contribution in [0.3, 0.4) is 0 Å². The van der Waals surface area contributed by atoms with Gasteiger partial charge in [-0.1, -0.05) is 13.8 Å². The van der Waals surface area contributed by atoms with Crippen LogP contribution in [0, 0.1) is 0 Å². The molecule has 1 aromatic rings. The second kappa shape index (κ2) is 4.33.